The molecule has 0 aliphatic rings. The van der Waals surface area contributed by atoms with E-state index in [0.29, 0.717) is 0 Å². The van der Waals surface area contributed by atoms with E-state index in [1.165, 1.54) is 7.05 Å². The highest BCUT2D eigenvalue weighted by molar-refractivity contribution is 6.26. The Balaban J connectivity index is 3.45. The molecule has 1 amide bonds. The predicted octanol–water partition coefficient (Wildman–Crippen LogP) is -1.88. The topological polar surface area (TPSA) is 87.7 Å². The summed E-state index contributed by atoms with van der Waals surface area (Å²) in [6.07, 6.45) is 0.465. The van der Waals surface area contributed by atoms with Gasteiger partial charge in [-0.1, -0.05) is 0 Å². The molecular formula is C6H13N3O2. The number of aliphatic hydroxyl groups is 1. The Morgan fingerprint density at radius 2 is 2.55 bits per heavy atom. The molecule has 1 unspecified atom stereocenters. The standard InChI is InChI=1S/C6H13N3O2/c1-8-4-6(11)9-3-5(10)2-7/h4-5,10H,2-3,7H2,1H3,(H,9,11). The number of nitrogens with two attached hydrogens (primary N) is 1. The molecule has 4 N–H and O–H groups in total. The van der Waals surface area contributed by atoms with Gasteiger partial charge in [-0.05, 0) is 0 Å². The molecule has 5 nitrogen and oxygen atoms in total. The lowest BCUT2D eigenvalue weighted by Gasteiger charge is -2.06. The van der Waals surface area contributed by atoms with Crippen molar-refractivity contribution in [2.45, 2.75) is 6.10 Å². The van der Waals surface area contributed by atoms with E-state index < -0.39 is 6.10 Å². The lowest BCUT2D eigenvalue weighted by molar-refractivity contribution is -0.114. The van der Waals surface area contributed by atoms with Gasteiger partial charge in [-0.3, -0.25) is 9.79 Å². The highest BCUT2D eigenvalue weighted by atomic mass is 16.3. The zero-order valence-electron chi connectivity index (χ0n) is 6.45. The first-order valence-corrected chi connectivity index (χ1v) is 3.28. The van der Waals surface area contributed by atoms with E-state index in [0.717, 1.165) is 6.21 Å². The van der Waals surface area contributed by atoms with Crippen molar-refractivity contribution in [1.29, 1.82) is 0 Å². The first kappa shape index (κ1) is 10.1. The first-order chi connectivity index (χ1) is 5.20. The SMILES string of the molecule is CN=CC(=O)NCC(O)CN. The second-order valence-corrected chi connectivity index (χ2v) is 2.02. The van der Waals surface area contributed by atoms with Crippen LogP contribution in [0.1, 0.15) is 0 Å². The average Bonchev–Trinajstić information content (AvgIpc) is 2.01. The maximum atomic E-state index is 10.7. The number of hydrogen-bond donors (Lipinski definition) is 3. The van der Waals surface area contributed by atoms with Gasteiger partial charge in [0, 0.05) is 20.1 Å². The van der Waals surface area contributed by atoms with E-state index in [9.17, 15) is 4.79 Å². The van der Waals surface area contributed by atoms with Crippen LogP contribution in [0, 0.1) is 0 Å². The van der Waals surface area contributed by atoms with Crippen LogP contribution in [0.2, 0.25) is 0 Å². The molecule has 0 heterocycles. The summed E-state index contributed by atoms with van der Waals surface area (Å²) < 4.78 is 0. The lowest BCUT2D eigenvalue weighted by Crippen LogP contribution is -2.36. The summed E-state index contributed by atoms with van der Waals surface area (Å²) in [6, 6.07) is 0. The minimum absolute atomic E-state index is 0.142. The summed E-state index contributed by atoms with van der Waals surface area (Å²) in [7, 11) is 1.50. The summed E-state index contributed by atoms with van der Waals surface area (Å²) in [5.41, 5.74) is 5.10. The maximum Gasteiger partial charge on any atom is 0.262 e. The largest absolute Gasteiger partial charge is 0.390 e. The molecule has 64 valence electrons. The normalized spacial score (nSPS) is 13.4. The Morgan fingerprint density at radius 1 is 1.91 bits per heavy atom. The number of amides is 1. The van der Waals surface area contributed by atoms with Crippen molar-refractivity contribution in [3.8, 4) is 0 Å². The van der Waals surface area contributed by atoms with Crippen LogP contribution in [-0.4, -0.2) is 43.5 Å². The van der Waals surface area contributed by atoms with Crippen molar-refractivity contribution in [1.82, 2.24) is 5.32 Å². The molecule has 0 saturated heterocycles. The van der Waals surface area contributed by atoms with E-state index in [2.05, 4.69) is 10.3 Å². The van der Waals surface area contributed by atoms with Crippen LogP contribution in [0.3, 0.4) is 0 Å². The quantitative estimate of drug-likeness (QED) is 0.420. The number of aliphatic imine (C=N–C) groups is 1. The Kier molecular flexibility index (Phi) is 5.32. The van der Waals surface area contributed by atoms with E-state index >= 15 is 0 Å². The molecule has 0 bridgehead atoms. The molecule has 0 saturated carbocycles. The summed E-state index contributed by atoms with van der Waals surface area (Å²) in [6.45, 7) is 0.310. The Morgan fingerprint density at radius 3 is 3.00 bits per heavy atom. The molecule has 0 aromatic rings. The lowest BCUT2D eigenvalue weighted by atomic mass is 10.3. The van der Waals surface area contributed by atoms with Gasteiger partial charge < -0.3 is 16.2 Å². The first-order valence-electron chi connectivity index (χ1n) is 3.28. The Labute approximate surface area is 65.3 Å². The second kappa shape index (κ2) is 5.82. The molecule has 1 atom stereocenters. The third-order valence-corrected chi connectivity index (χ3v) is 1.03. The number of carbonyl (C=O) groups excluding carboxylic acids is 1. The van der Waals surface area contributed by atoms with Gasteiger partial charge in [-0.25, -0.2) is 0 Å². The highest BCUT2D eigenvalue weighted by Crippen LogP contribution is 1.73. The third kappa shape index (κ3) is 5.50. The van der Waals surface area contributed by atoms with Crippen LogP contribution in [0.5, 0.6) is 0 Å². The van der Waals surface area contributed by atoms with E-state index in [1.807, 2.05) is 0 Å². The molecule has 0 rings (SSSR count). The maximum absolute atomic E-state index is 10.7. The number of nitrogens with zero attached hydrogens (tertiary/aromatic N) is 1. The zero-order chi connectivity index (χ0) is 8.69. The van der Waals surface area contributed by atoms with E-state index in [1.54, 1.807) is 0 Å². The summed E-state index contributed by atoms with van der Waals surface area (Å²) in [4.78, 5) is 14.1. The molecule has 0 aromatic heterocycles. The monoisotopic (exact) mass is 159 g/mol. The molecule has 0 radical (unpaired) electrons. The number of carbonyl (C=O) groups is 1. The van der Waals surface area contributed by atoms with Gasteiger partial charge in [0.05, 0.1) is 12.3 Å². The van der Waals surface area contributed by atoms with E-state index in [4.69, 9.17) is 10.8 Å². The smallest absolute Gasteiger partial charge is 0.262 e. The van der Waals surface area contributed by atoms with Gasteiger partial charge in [0.2, 0.25) is 0 Å². The van der Waals surface area contributed by atoms with Crippen molar-refractivity contribution in [2.24, 2.45) is 10.7 Å². The summed E-state index contributed by atoms with van der Waals surface area (Å²) in [5.74, 6) is -0.319. The number of rotatable bonds is 4. The van der Waals surface area contributed by atoms with Gasteiger partial charge in [-0.2, -0.15) is 0 Å². The third-order valence-electron chi connectivity index (χ3n) is 1.03. The van der Waals surface area contributed by atoms with Crippen molar-refractivity contribution in [3.63, 3.8) is 0 Å². The fourth-order valence-corrected chi connectivity index (χ4v) is 0.465. The van der Waals surface area contributed by atoms with Crippen LogP contribution >= 0.6 is 0 Å². The minimum atomic E-state index is -0.677. The van der Waals surface area contributed by atoms with Crippen LogP contribution in [-0.2, 0) is 4.79 Å². The molecule has 0 aromatic carbocycles. The summed E-state index contributed by atoms with van der Waals surface area (Å²) >= 11 is 0. The summed E-state index contributed by atoms with van der Waals surface area (Å²) in [5, 5.41) is 11.3. The molecule has 5 heteroatoms. The van der Waals surface area contributed by atoms with Gasteiger partial charge in [0.25, 0.3) is 5.91 Å². The van der Waals surface area contributed by atoms with Crippen LogP contribution in [0.4, 0.5) is 0 Å². The Hall–Kier alpha value is -0.940. The van der Waals surface area contributed by atoms with Crippen molar-refractivity contribution >= 4 is 12.1 Å². The fraction of sp³-hybridized carbons (Fsp3) is 0.667. The van der Waals surface area contributed by atoms with Gasteiger partial charge in [-0.15, -0.1) is 0 Å². The molecule has 0 aliphatic heterocycles. The second-order valence-electron chi connectivity index (χ2n) is 2.02. The van der Waals surface area contributed by atoms with Gasteiger partial charge in [0.15, 0.2) is 0 Å². The fourth-order valence-electron chi connectivity index (χ4n) is 0.465. The molecule has 0 fully saturated rings. The van der Waals surface area contributed by atoms with Crippen LogP contribution in [0.25, 0.3) is 0 Å². The van der Waals surface area contributed by atoms with Crippen molar-refractivity contribution < 1.29 is 9.90 Å². The molecule has 0 spiro atoms. The molecule has 11 heavy (non-hydrogen) atoms. The Bertz CT molecular complexity index is 147. The minimum Gasteiger partial charge on any atom is -0.390 e. The van der Waals surface area contributed by atoms with Crippen molar-refractivity contribution in [2.75, 3.05) is 20.1 Å². The number of nitrogens with one attached hydrogen (secondary N) is 1. The number of hydrogen-bond acceptors (Lipinski definition) is 4. The van der Waals surface area contributed by atoms with Crippen LogP contribution in [0.15, 0.2) is 4.99 Å². The highest BCUT2D eigenvalue weighted by Gasteiger charge is 2.01. The predicted molar refractivity (Wildman–Crippen MR) is 42.5 cm³/mol. The zero-order valence-corrected chi connectivity index (χ0v) is 6.45. The van der Waals surface area contributed by atoms with Crippen molar-refractivity contribution in [3.05, 3.63) is 0 Å². The number of aliphatic hydroxyl groups excluding tert-OH is 1. The van der Waals surface area contributed by atoms with Gasteiger partial charge in [0.1, 0.15) is 0 Å². The average molecular weight is 159 g/mol. The van der Waals surface area contributed by atoms with Crippen LogP contribution < -0.4 is 11.1 Å². The molecular weight excluding hydrogens is 146 g/mol. The molecule has 0 aliphatic carbocycles. The van der Waals surface area contributed by atoms with Gasteiger partial charge >= 0.3 is 0 Å². The van der Waals surface area contributed by atoms with E-state index in [-0.39, 0.29) is 19.0 Å².